The molecule has 283 valence electrons. The summed E-state index contributed by atoms with van der Waals surface area (Å²) in [4.78, 5) is 16.9. The molecule has 0 saturated carbocycles. The zero-order chi connectivity index (χ0) is 38.4. The van der Waals surface area contributed by atoms with E-state index in [9.17, 15) is 23.1 Å². The average Bonchev–Trinajstić information content (AvgIpc) is 3.35. The Morgan fingerprint density at radius 2 is 1.38 bits per heavy atom. The van der Waals surface area contributed by atoms with Crippen LogP contribution in [0.5, 0.6) is 0 Å². The smallest absolute Gasteiger partial charge is 0.416 e. The second-order valence-corrected chi connectivity index (χ2v) is 15.5. The number of ketones is 1. The minimum Gasteiger partial charge on any atom is -0.512 e. The van der Waals surface area contributed by atoms with Gasteiger partial charge < -0.3 is 10.1 Å². The predicted octanol–water partition coefficient (Wildman–Crippen LogP) is 13.4. The molecule has 1 heterocycles. The summed E-state index contributed by atoms with van der Waals surface area (Å²) in [7, 11) is 0. The molecule has 1 radical (unpaired) electrons. The second kappa shape index (κ2) is 15.5. The summed E-state index contributed by atoms with van der Waals surface area (Å²) in [6, 6.07) is 22.0. The fourth-order valence-corrected chi connectivity index (χ4v) is 7.51. The van der Waals surface area contributed by atoms with E-state index >= 15 is 0 Å². The van der Waals surface area contributed by atoms with Crippen molar-refractivity contribution < 1.29 is 43.2 Å². The Labute approximate surface area is 326 Å². The van der Waals surface area contributed by atoms with Crippen molar-refractivity contribution in [3.63, 3.8) is 0 Å². The van der Waals surface area contributed by atoms with Crippen molar-refractivity contribution in [1.29, 1.82) is 0 Å². The molecule has 1 N–H and O–H groups in total. The summed E-state index contributed by atoms with van der Waals surface area (Å²) in [5.74, 6) is 0.286. The maximum atomic E-state index is 13.5. The van der Waals surface area contributed by atoms with Gasteiger partial charge >= 0.3 is 6.18 Å². The number of fused-ring (bicyclic) bond motifs is 7. The minimum atomic E-state index is -4.37. The Bertz CT molecular complexity index is 2170. The summed E-state index contributed by atoms with van der Waals surface area (Å²) in [5.41, 5.74) is 5.97. The fourth-order valence-electron chi connectivity index (χ4n) is 7.51. The summed E-state index contributed by atoms with van der Waals surface area (Å²) < 4.78 is 40.4. The molecule has 0 amide bonds. The molecule has 7 heteroatoms. The van der Waals surface area contributed by atoms with Gasteiger partial charge in [-0.15, -0.1) is 34.9 Å². The van der Waals surface area contributed by atoms with Crippen molar-refractivity contribution in [1.82, 2.24) is 4.98 Å². The first-order valence-corrected chi connectivity index (χ1v) is 18.4. The normalized spacial score (nSPS) is 13.9. The van der Waals surface area contributed by atoms with E-state index in [1.165, 1.54) is 18.2 Å². The van der Waals surface area contributed by atoms with Gasteiger partial charge in [0, 0.05) is 48.6 Å². The Morgan fingerprint density at radius 3 is 1.96 bits per heavy atom. The number of hydrogen-bond acceptors (Lipinski definition) is 3. The maximum absolute atomic E-state index is 13.5. The van der Waals surface area contributed by atoms with Crippen molar-refractivity contribution in [2.24, 2.45) is 10.8 Å². The van der Waals surface area contributed by atoms with E-state index in [0.717, 1.165) is 86.3 Å². The Kier molecular flexibility index (Phi) is 12.3. The molecule has 3 nitrogen and oxygen atoms in total. The van der Waals surface area contributed by atoms with Gasteiger partial charge in [0.2, 0.25) is 0 Å². The summed E-state index contributed by atoms with van der Waals surface area (Å²) >= 11 is 0. The van der Waals surface area contributed by atoms with Crippen molar-refractivity contribution in [2.45, 2.75) is 107 Å². The van der Waals surface area contributed by atoms with Crippen LogP contribution < -0.4 is 0 Å². The predicted molar refractivity (Wildman–Crippen MR) is 209 cm³/mol. The third-order valence-corrected chi connectivity index (χ3v) is 11.9. The molecule has 1 aromatic heterocycles. The number of nitrogens with zero attached hydrogens (tertiary/aromatic N) is 1. The maximum Gasteiger partial charge on any atom is 0.416 e. The van der Waals surface area contributed by atoms with Gasteiger partial charge in [-0.1, -0.05) is 99.6 Å². The van der Waals surface area contributed by atoms with Crippen LogP contribution in [0.1, 0.15) is 109 Å². The van der Waals surface area contributed by atoms with E-state index in [4.69, 9.17) is 4.98 Å². The second-order valence-electron chi connectivity index (χ2n) is 15.5. The van der Waals surface area contributed by atoms with E-state index < -0.39 is 17.2 Å². The molecule has 0 aliphatic heterocycles. The Hall–Kier alpha value is -3.80. The number of allylic oxidation sites excluding steroid dienone is 2. The quantitative estimate of drug-likeness (QED) is 0.0731. The molecule has 1 aliphatic rings. The minimum absolute atomic E-state index is 0. The number of aliphatic hydroxyl groups is 1. The van der Waals surface area contributed by atoms with Crippen LogP contribution >= 0.6 is 0 Å². The Morgan fingerprint density at radius 1 is 0.792 bits per heavy atom. The molecule has 0 unspecified atom stereocenters. The number of aromatic nitrogens is 1. The number of pyridine rings is 1. The molecule has 0 bridgehead atoms. The summed E-state index contributed by atoms with van der Waals surface area (Å²) in [6.07, 6.45) is 2.21. The number of aryl methyl sites for hydroxylation is 2. The Balaban J connectivity index is 0.000000299. The zero-order valence-electron chi connectivity index (χ0n) is 32.5. The first-order chi connectivity index (χ1) is 24.3. The number of carbonyl (C=O) groups is 1. The van der Waals surface area contributed by atoms with Gasteiger partial charge in [-0.2, -0.15) is 13.2 Å². The van der Waals surface area contributed by atoms with E-state index in [1.54, 1.807) is 6.07 Å². The van der Waals surface area contributed by atoms with Crippen LogP contribution in [-0.4, -0.2) is 15.9 Å². The molecule has 1 aliphatic carbocycles. The van der Waals surface area contributed by atoms with Gasteiger partial charge in [0.05, 0.1) is 5.56 Å². The van der Waals surface area contributed by atoms with Crippen LogP contribution in [0.4, 0.5) is 13.2 Å². The third kappa shape index (κ3) is 7.75. The molecule has 0 atom stereocenters. The van der Waals surface area contributed by atoms with Gasteiger partial charge in [0.25, 0.3) is 0 Å². The summed E-state index contributed by atoms with van der Waals surface area (Å²) in [5, 5.41) is 14.4. The average molecular weight is 899 g/mol. The SMILES string of the molecule is CCC(C)(CC)C(=O)/C=C(\O)C(C)(CC)CC.Cc1[c-]c(-c2nccc3c2ccc2c4c(ccc23)-c2cc(C(F)(F)F)ccc2C4(C)C)cc(C)c1.[Ir]. The third-order valence-electron chi connectivity index (χ3n) is 11.9. The first kappa shape index (κ1) is 41.9. The van der Waals surface area contributed by atoms with Crippen LogP contribution in [0, 0.1) is 30.7 Å². The van der Waals surface area contributed by atoms with Crippen LogP contribution in [0.15, 0.2) is 78.7 Å². The van der Waals surface area contributed by atoms with Gasteiger partial charge in [-0.3, -0.25) is 4.79 Å². The number of rotatable bonds is 8. The van der Waals surface area contributed by atoms with Crippen molar-refractivity contribution in [2.75, 3.05) is 0 Å². The van der Waals surface area contributed by atoms with E-state index in [2.05, 4.69) is 51.1 Å². The van der Waals surface area contributed by atoms with Crippen molar-refractivity contribution >= 4 is 27.3 Å². The molecule has 5 aromatic rings. The number of carbonyl (C=O) groups excluding carboxylic acids is 1. The number of alkyl halides is 3. The molecule has 0 fully saturated rings. The van der Waals surface area contributed by atoms with E-state index in [-0.39, 0.29) is 42.5 Å². The number of aliphatic hydroxyl groups excluding tert-OH is 1. The van der Waals surface area contributed by atoms with Crippen molar-refractivity contribution in [3.8, 4) is 22.4 Å². The van der Waals surface area contributed by atoms with Gasteiger partial charge in [0.1, 0.15) is 5.76 Å². The standard InChI is InChI=1S/C31H23F3N.C15H28O2.Ir/c1-17-13-18(2)15-19(14-17)29-25-9-8-23-21(22(25)11-12-35-29)6-7-24-26-16-20(31(32,33)34)5-10-27(26)30(3,4)28(23)24;1-7-14(5,8-2)12(16)11-13(17)15(6,9-3)10-4;/h5-14,16H,1-4H3;11,16H,7-10H2,1-6H3;/q-1;;/b;12-11-;. The number of hydrogen-bond donors (Lipinski definition) is 1. The molecule has 0 spiro atoms. The molecule has 53 heavy (non-hydrogen) atoms. The molecule has 6 rings (SSSR count). The van der Waals surface area contributed by atoms with Gasteiger partial charge in [0.15, 0.2) is 5.78 Å². The number of benzene rings is 4. The number of halogens is 3. The van der Waals surface area contributed by atoms with E-state index in [1.807, 2.05) is 72.9 Å². The molecule has 0 saturated heterocycles. The summed E-state index contributed by atoms with van der Waals surface area (Å²) in [6.45, 7) is 20.4. The van der Waals surface area contributed by atoms with Gasteiger partial charge in [-0.25, -0.2) is 0 Å². The van der Waals surface area contributed by atoms with Crippen LogP contribution in [-0.2, 0) is 36.5 Å². The van der Waals surface area contributed by atoms with E-state index in [0.29, 0.717) is 5.56 Å². The van der Waals surface area contributed by atoms with Crippen LogP contribution in [0.3, 0.4) is 0 Å². The zero-order valence-corrected chi connectivity index (χ0v) is 34.9. The topological polar surface area (TPSA) is 50.2 Å². The molecule has 4 aromatic carbocycles. The monoisotopic (exact) mass is 899 g/mol. The fraction of sp³-hybridized carbons (Fsp3) is 0.391. The van der Waals surface area contributed by atoms with Gasteiger partial charge in [-0.05, 0) is 93.4 Å². The molecular formula is C46H51F3IrNO2-. The van der Waals surface area contributed by atoms with Crippen molar-refractivity contribution in [3.05, 3.63) is 113 Å². The largest absolute Gasteiger partial charge is 0.512 e. The van der Waals surface area contributed by atoms with Crippen LogP contribution in [0.25, 0.3) is 43.9 Å². The van der Waals surface area contributed by atoms with Crippen LogP contribution in [0.2, 0.25) is 0 Å². The molecular weight excluding hydrogens is 848 g/mol. The first-order valence-electron chi connectivity index (χ1n) is 18.4.